The molecule has 0 aromatic heterocycles. The van der Waals surface area contributed by atoms with Crippen molar-refractivity contribution in [2.45, 2.75) is 18.4 Å². The van der Waals surface area contributed by atoms with E-state index in [-0.39, 0.29) is 11.9 Å². The molecule has 2 aromatic rings. The van der Waals surface area contributed by atoms with Gasteiger partial charge in [0.2, 0.25) is 0 Å². The third kappa shape index (κ3) is 2.24. The summed E-state index contributed by atoms with van der Waals surface area (Å²) in [6, 6.07) is 16.8. The second-order valence-corrected chi connectivity index (χ2v) is 6.24. The van der Waals surface area contributed by atoms with E-state index >= 15 is 0 Å². The van der Waals surface area contributed by atoms with Crippen molar-refractivity contribution < 1.29 is 4.79 Å². The van der Waals surface area contributed by atoms with E-state index in [1.54, 1.807) is 7.05 Å². The van der Waals surface area contributed by atoms with E-state index in [0.717, 1.165) is 17.7 Å². The van der Waals surface area contributed by atoms with Crippen LogP contribution in [0.5, 0.6) is 0 Å². The molecule has 1 heterocycles. The molecule has 4 rings (SSSR count). The van der Waals surface area contributed by atoms with Gasteiger partial charge in [-0.1, -0.05) is 54.6 Å². The van der Waals surface area contributed by atoms with Gasteiger partial charge in [0.25, 0.3) is 5.91 Å². The summed E-state index contributed by atoms with van der Waals surface area (Å²) < 4.78 is 0. The van der Waals surface area contributed by atoms with Crippen LogP contribution >= 0.6 is 0 Å². The Kier molecular flexibility index (Phi) is 3.41. The SMILES string of the molecule is CNC(=O)c1cccc2c1NC(c1ccccc1)C1CC=CC21. The molecule has 116 valence electrons. The Morgan fingerprint density at radius 3 is 2.74 bits per heavy atom. The van der Waals surface area contributed by atoms with E-state index in [2.05, 4.69) is 53.1 Å². The molecule has 2 aliphatic rings. The van der Waals surface area contributed by atoms with Gasteiger partial charge in [-0.15, -0.1) is 0 Å². The first-order valence-electron chi connectivity index (χ1n) is 8.12. The summed E-state index contributed by atoms with van der Waals surface area (Å²) in [5.74, 6) is 0.840. The number of carbonyl (C=O) groups is 1. The predicted molar refractivity (Wildman–Crippen MR) is 92.6 cm³/mol. The molecule has 0 saturated carbocycles. The largest absolute Gasteiger partial charge is 0.377 e. The van der Waals surface area contributed by atoms with E-state index in [4.69, 9.17) is 0 Å². The molecular weight excluding hydrogens is 284 g/mol. The average Bonchev–Trinajstić information content (AvgIpc) is 3.10. The van der Waals surface area contributed by atoms with Gasteiger partial charge in [0, 0.05) is 13.0 Å². The number of amides is 1. The number of nitrogens with one attached hydrogen (secondary N) is 2. The van der Waals surface area contributed by atoms with Gasteiger partial charge in [0.1, 0.15) is 0 Å². The lowest BCUT2D eigenvalue weighted by atomic mass is 9.76. The summed E-state index contributed by atoms with van der Waals surface area (Å²) in [6.07, 6.45) is 5.64. The maximum Gasteiger partial charge on any atom is 0.253 e. The normalized spacial score (nSPS) is 24.5. The van der Waals surface area contributed by atoms with E-state index in [9.17, 15) is 4.79 Å². The minimum absolute atomic E-state index is 0.0402. The lowest BCUT2D eigenvalue weighted by Crippen LogP contribution is -2.31. The molecular formula is C20H20N2O. The van der Waals surface area contributed by atoms with Crippen LogP contribution in [0.15, 0.2) is 60.7 Å². The predicted octanol–water partition coefficient (Wildman–Crippen LogP) is 3.87. The molecule has 0 spiro atoms. The Labute approximate surface area is 136 Å². The third-order valence-electron chi connectivity index (χ3n) is 5.03. The number of benzene rings is 2. The van der Waals surface area contributed by atoms with Crippen LogP contribution < -0.4 is 10.6 Å². The minimum Gasteiger partial charge on any atom is -0.377 e. The lowest BCUT2D eigenvalue weighted by Gasteiger charge is -2.38. The summed E-state index contributed by atoms with van der Waals surface area (Å²) in [4.78, 5) is 12.3. The molecule has 0 fully saturated rings. The summed E-state index contributed by atoms with van der Waals surface area (Å²) in [7, 11) is 1.68. The van der Waals surface area contributed by atoms with Crippen LogP contribution in [-0.4, -0.2) is 13.0 Å². The summed E-state index contributed by atoms with van der Waals surface area (Å²) >= 11 is 0. The molecule has 3 atom stereocenters. The van der Waals surface area contributed by atoms with Crippen molar-refractivity contribution in [2.24, 2.45) is 5.92 Å². The topological polar surface area (TPSA) is 41.1 Å². The Hall–Kier alpha value is -2.55. The molecule has 3 unspecified atom stereocenters. The minimum atomic E-state index is -0.0402. The van der Waals surface area contributed by atoms with Gasteiger partial charge in [0.05, 0.1) is 17.3 Å². The smallest absolute Gasteiger partial charge is 0.253 e. The maximum absolute atomic E-state index is 12.3. The molecule has 2 N–H and O–H groups in total. The lowest BCUT2D eigenvalue weighted by molar-refractivity contribution is 0.0963. The van der Waals surface area contributed by atoms with Crippen molar-refractivity contribution in [3.63, 3.8) is 0 Å². The first-order valence-corrected chi connectivity index (χ1v) is 8.12. The summed E-state index contributed by atoms with van der Waals surface area (Å²) in [5.41, 5.74) is 4.22. The number of carbonyl (C=O) groups excluding carboxylic acids is 1. The van der Waals surface area contributed by atoms with Crippen LogP contribution in [0.3, 0.4) is 0 Å². The van der Waals surface area contributed by atoms with Gasteiger partial charge in [-0.2, -0.15) is 0 Å². The van der Waals surface area contributed by atoms with Crippen LogP contribution in [0.4, 0.5) is 5.69 Å². The van der Waals surface area contributed by atoms with Crippen molar-refractivity contribution >= 4 is 11.6 Å². The van der Waals surface area contributed by atoms with Crippen LogP contribution in [0.2, 0.25) is 0 Å². The number of allylic oxidation sites excluding steroid dienone is 2. The van der Waals surface area contributed by atoms with Gasteiger partial charge >= 0.3 is 0 Å². The fraction of sp³-hybridized carbons (Fsp3) is 0.250. The molecule has 3 nitrogen and oxygen atoms in total. The molecule has 1 aliphatic carbocycles. The Morgan fingerprint density at radius 2 is 1.96 bits per heavy atom. The van der Waals surface area contributed by atoms with E-state index < -0.39 is 0 Å². The first kappa shape index (κ1) is 14.1. The molecule has 2 aromatic carbocycles. The second kappa shape index (κ2) is 5.58. The highest BCUT2D eigenvalue weighted by Crippen LogP contribution is 2.50. The van der Waals surface area contributed by atoms with Gasteiger partial charge in [-0.05, 0) is 29.5 Å². The number of hydrogen-bond donors (Lipinski definition) is 2. The zero-order chi connectivity index (χ0) is 15.8. The van der Waals surface area contributed by atoms with Crippen LogP contribution in [-0.2, 0) is 0 Å². The van der Waals surface area contributed by atoms with Crippen molar-refractivity contribution in [2.75, 3.05) is 12.4 Å². The van der Waals surface area contributed by atoms with E-state index in [1.165, 1.54) is 11.1 Å². The molecule has 0 saturated heterocycles. The highest BCUT2D eigenvalue weighted by molar-refractivity contribution is 6.00. The first-order chi connectivity index (χ1) is 11.3. The number of anilines is 1. The third-order valence-corrected chi connectivity index (χ3v) is 5.03. The maximum atomic E-state index is 12.3. The number of rotatable bonds is 2. The van der Waals surface area contributed by atoms with Gasteiger partial charge in [-0.25, -0.2) is 0 Å². The highest BCUT2D eigenvalue weighted by Gasteiger charge is 2.39. The summed E-state index contributed by atoms with van der Waals surface area (Å²) in [5, 5.41) is 6.42. The number of hydrogen-bond acceptors (Lipinski definition) is 2. The Morgan fingerprint density at radius 1 is 1.13 bits per heavy atom. The second-order valence-electron chi connectivity index (χ2n) is 6.24. The molecule has 1 amide bonds. The zero-order valence-electron chi connectivity index (χ0n) is 13.1. The molecule has 1 aliphatic heterocycles. The van der Waals surface area contributed by atoms with Gasteiger partial charge in [0.15, 0.2) is 0 Å². The monoisotopic (exact) mass is 304 g/mol. The quantitative estimate of drug-likeness (QED) is 0.827. The standard InChI is InChI=1S/C20H20N2O/c1-21-20(23)17-12-6-11-16-14-9-5-10-15(14)18(22-19(16)17)13-7-3-2-4-8-13/h2-9,11-12,14-15,18,22H,10H2,1H3,(H,21,23). The fourth-order valence-electron chi connectivity index (χ4n) is 3.94. The highest BCUT2D eigenvalue weighted by atomic mass is 16.1. The van der Waals surface area contributed by atoms with Crippen molar-refractivity contribution in [1.82, 2.24) is 5.32 Å². The van der Waals surface area contributed by atoms with Crippen LogP contribution in [0.25, 0.3) is 0 Å². The molecule has 23 heavy (non-hydrogen) atoms. The summed E-state index contributed by atoms with van der Waals surface area (Å²) in [6.45, 7) is 0. The van der Waals surface area contributed by atoms with Gasteiger partial charge in [-0.3, -0.25) is 4.79 Å². The molecule has 3 heteroatoms. The van der Waals surface area contributed by atoms with Gasteiger partial charge < -0.3 is 10.6 Å². The number of fused-ring (bicyclic) bond motifs is 3. The Balaban J connectivity index is 1.84. The van der Waals surface area contributed by atoms with E-state index in [0.29, 0.717) is 11.8 Å². The van der Waals surface area contributed by atoms with Crippen LogP contribution in [0, 0.1) is 5.92 Å². The van der Waals surface area contributed by atoms with E-state index in [1.807, 2.05) is 18.2 Å². The van der Waals surface area contributed by atoms with Crippen LogP contribution in [0.1, 0.15) is 39.9 Å². The Bertz CT molecular complexity index is 766. The fourth-order valence-corrected chi connectivity index (χ4v) is 3.94. The molecule has 0 radical (unpaired) electrons. The van der Waals surface area contributed by atoms with Crippen molar-refractivity contribution in [3.8, 4) is 0 Å². The molecule has 0 bridgehead atoms. The zero-order valence-corrected chi connectivity index (χ0v) is 13.1. The van der Waals surface area contributed by atoms with Crippen molar-refractivity contribution in [3.05, 3.63) is 77.4 Å². The number of para-hydroxylation sites is 1. The average molecular weight is 304 g/mol. The van der Waals surface area contributed by atoms with Crippen molar-refractivity contribution in [1.29, 1.82) is 0 Å².